The normalized spacial score (nSPS) is 16.3. The van der Waals surface area contributed by atoms with Gasteiger partial charge in [0.1, 0.15) is 6.33 Å². The SMILES string of the molecule is O=C(N1CCN(Cc2ccccc2)CC1)n1ccnc1. The lowest BCUT2D eigenvalue weighted by Crippen LogP contribution is -2.49. The lowest BCUT2D eigenvalue weighted by Gasteiger charge is -2.34. The summed E-state index contributed by atoms with van der Waals surface area (Å²) in [5.41, 5.74) is 1.32. The summed E-state index contributed by atoms with van der Waals surface area (Å²) in [7, 11) is 0. The molecule has 1 saturated heterocycles. The highest BCUT2D eigenvalue weighted by molar-refractivity contribution is 5.76. The highest BCUT2D eigenvalue weighted by Crippen LogP contribution is 2.09. The number of nitrogens with zero attached hydrogens (tertiary/aromatic N) is 4. The van der Waals surface area contributed by atoms with E-state index in [2.05, 4.69) is 34.1 Å². The quantitative estimate of drug-likeness (QED) is 0.833. The van der Waals surface area contributed by atoms with E-state index in [4.69, 9.17) is 0 Å². The van der Waals surface area contributed by atoms with Crippen molar-refractivity contribution in [3.8, 4) is 0 Å². The van der Waals surface area contributed by atoms with Crippen molar-refractivity contribution in [2.45, 2.75) is 6.54 Å². The van der Waals surface area contributed by atoms with Gasteiger partial charge in [-0.1, -0.05) is 30.3 Å². The van der Waals surface area contributed by atoms with Gasteiger partial charge >= 0.3 is 6.03 Å². The van der Waals surface area contributed by atoms with Gasteiger partial charge in [-0.25, -0.2) is 9.78 Å². The van der Waals surface area contributed by atoms with Gasteiger partial charge in [-0.3, -0.25) is 9.47 Å². The predicted molar refractivity (Wildman–Crippen MR) is 76.3 cm³/mol. The molecule has 1 fully saturated rings. The lowest BCUT2D eigenvalue weighted by molar-refractivity contribution is 0.136. The second-order valence-electron chi connectivity index (χ2n) is 5.00. The molecule has 5 nitrogen and oxygen atoms in total. The summed E-state index contributed by atoms with van der Waals surface area (Å²) >= 11 is 0. The molecule has 0 bridgehead atoms. The number of carbonyl (C=O) groups excluding carboxylic acids is 1. The molecule has 0 atom stereocenters. The first-order valence-corrected chi connectivity index (χ1v) is 6.86. The Bertz CT molecular complexity index is 545. The summed E-state index contributed by atoms with van der Waals surface area (Å²) in [5.74, 6) is 0. The largest absolute Gasteiger partial charge is 0.329 e. The molecule has 104 valence electrons. The van der Waals surface area contributed by atoms with Crippen LogP contribution in [0.4, 0.5) is 4.79 Å². The zero-order chi connectivity index (χ0) is 13.8. The van der Waals surface area contributed by atoms with Crippen molar-refractivity contribution in [1.29, 1.82) is 0 Å². The van der Waals surface area contributed by atoms with Crippen LogP contribution in [0.5, 0.6) is 0 Å². The van der Waals surface area contributed by atoms with Crippen LogP contribution in [-0.2, 0) is 6.54 Å². The summed E-state index contributed by atoms with van der Waals surface area (Å²) in [5, 5.41) is 0. The van der Waals surface area contributed by atoms with Crippen LogP contribution in [0.1, 0.15) is 5.56 Å². The van der Waals surface area contributed by atoms with E-state index in [1.807, 2.05) is 11.0 Å². The van der Waals surface area contributed by atoms with E-state index < -0.39 is 0 Å². The van der Waals surface area contributed by atoms with Crippen LogP contribution in [0.3, 0.4) is 0 Å². The third-order valence-corrected chi connectivity index (χ3v) is 3.62. The van der Waals surface area contributed by atoms with E-state index in [-0.39, 0.29) is 6.03 Å². The second kappa shape index (κ2) is 5.88. The molecule has 0 aliphatic carbocycles. The highest BCUT2D eigenvalue weighted by atomic mass is 16.2. The topological polar surface area (TPSA) is 41.4 Å². The Kier molecular flexibility index (Phi) is 3.78. The first-order chi connectivity index (χ1) is 9.83. The summed E-state index contributed by atoms with van der Waals surface area (Å²) < 4.78 is 1.53. The van der Waals surface area contributed by atoms with Crippen molar-refractivity contribution in [2.24, 2.45) is 0 Å². The molecule has 1 aromatic heterocycles. The molecule has 0 radical (unpaired) electrons. The van der Waals surface area contributed by atoms with Crippen molar-refractivity contribution in [1.82, 2.24) is 19.4 Å². The van der Waals surface area contributed by atoms with E-state index in [0.717, 1.165) is 32.7 Å². The van der Waals surface area contributed by atoms with Crippen LogP contribution in [0, 0.1) is 0 Å². The first-order valence-electron chi connectivity index (χ1n) is 6.86. The Labute approximate surface area is 118 Å². The summed E-state index contributed by atoms with van der Waals surface area (Å²) in [6.07, 6.45) is 4.88. The summed E-state index contributed by atoms with van der Waals surface area (Å²) in [6.45, 7) is 4.31. The number of aromatic nitrogens is 2. The summed E-state index contributed by atoms with van der Waals surface area (Å²) in [4.78, 5) is 20.3. The molecular formula is C15H18N4O. The maximum absolute atomic E-state index is 12.2. The van der Waals surface area contributed by atoms with Crippen LogP contribution in [0.2, 0.25) is 0 Å². The monoisotopic (exact) mass is 270 g/mol. The Morgan fingerprint density at radius 2 is 1.85 bits per heavy atom. The molecule has 1 aliphatic rings. The molecule has 1 aromatic carbocycles. The van der Waals surface area contributed by atoms with Gasteiger partial charge in [-0.05, 0) is 5.56 Å². The average Bonchev–Trinajstić information content (AvgIpc) is 3.03. The minimum Gasteiger partial charge on any atom is -0.321 e. The Morgan fingerprint density at radius 1 is 1.10 bits per heavy atom. The number of hydrogen-bond acceptors (Lipinski definition) is 3. The molecular weight excluding hydrogens is 252 g/mol. The molecule has 0 unspecified atom stereocenters. The zero-order valence-corrected chi connectivity index (χ0v) is 11.4. The standard InChI is InChI=1S/C15H18N4O/c20-15(19-7-6-16-13-19)18-10-8-17(9-11-18)12-14-4-2-1-3-5-14/h1-7,13H,8-12H2. The van der Waals surface area contributed by atoms with Crippen molar-refractivity contribution < 1.29 is 4.79 Å². The maximum Gasteiger partial charge on any atom is 0.329 e. The van der Waals surface area contributed by atoms with E-state index in [1.165, 1.54) is 10.1 Å². The highest BCUT2D eigenvalue weighted by Gasteiger charge is 2.21. The van der Waals surface area contributed by atoms with Crippen LogP contribution in [0.15, 0.2) is 49.1 Å². The lowest BCUT2D eigenvalue weighted by atomic mass is 10.2. The Hall–Kier alpha value is -2.14. The minimum atomic E-state index is 0.0156. The number of carbonyl (C=O) groups is 1. The zero-order valence-electron chi connectivity index (χ0n) is 11.4. The fourth-order valence-corrected chi connectivity index (χ4v) is 2.47. The average molecular weight is 270 g/mol. The van der Waals surface area contributed by atoms with Gasteiger partial charge in [0.25, 0.3) is 0 Å². The Balaban J connectivity index is 1.53. The van der Waals surface area contributed by atoms with Crippen molar-refractivity contribution in [3.63, 3.8) is 0 Å². The fraction of sp³-hybridized carbons (Fsp3) is 0.333. The van der Waals surface area contributed by atoms with E-state index in [1.54, 1.807) is 18.7 Å². The van der Waals surface area contributed by atoms with Crippen molar-refractivity contribution in [2.75, 3.05) is 26.2 Å². The number of imidazole rings is 1. The third-order valence-electron chi connectivity index (χ3n) is 3.62. The summed E-state index contributed by atoms with van der Waals surface area (Å²) in [6, 6.07) is 10.5. The van der Waals surface area contributed by atoms with Crippen LogP contribution < -0.4 is 0 Å². The van der Waals surface area contributed by atoms with E-state index >= 15 is 0 Å². The third kappa shape index (κ3) is 2.88. The van der Waals surface area contributed by atoms with Gasteiger partial charge in [-0.15, -0.1) is 0 Å². The van der Waals surface area contributed by atoms with Gasteiger partial charge in [0.2, 0.25) is 0 Å². The van der Waals surface area contributed by atoms with Crippen LogP contribution in [-0.4, -0.2) is 51.6 Å². The Morgan fingerprint density at radius 3 is 2.50 bits per heavy atom. The molecule has 5 heteroatoms. The van der Waals surface area contributed by atoms with E-state index in [9.17, 15) is 4.79 Å². The number of piperazine rings is 1. The second-order valence-corrected chi connectivity index (χ2v) is 5.00. The maximum atomic E-state index is 12.2. The van der Waals surface area contributed by atoms with Gasteiger partial charge in [-0.2, -0.15) is 0 Å². The predicted octanol–water partition coefficient (Wildman–Crippen LogP) is 1.67. The molecule has 2 aromatic rings. The molecule has 0 N–H and O–H groups in total. The molecule has 0 spiro atoms. The van der Waals surface area contributed by atoms with Crippen LogP contribution in [0.25, 0.3) is 0 Å². The molecule has 0 saturated carbocycles. The minimum absolute atomic E-state index is 0.0156. The number of benzene rings is 1. The number of rotatable bonds is 2. The first kappa shape index (κ1) is 12.9. The van der Waals surface area contributed by atoms with Gasteiger partial charge < -0.3 is 4.90 Å². The molecule has 3 rings (SSSR count). The molecule has 1 aliphatic heterocycles. The molecule has 2 heterocycles. The smallest absolute Gasteiger partial charge is 0.321 e. The van der Waals surface area contributed by atoms with Crippen molar-refractivity contribution >= 4 is 6.03 Å². The fourth-order valence-electron chi connectivity index (χ4n) is 2.47. The number of amides is 1. The van der Waals surface area contributed by atoms with Gasteiger partial charge in [0, 0.05) is 45.1 Å². The number of hydrogen-bond donors (Lipinski definition) is 0. The van der Waals surface area contributed by atoms with Gasteiger partial charge in [0.05, 0.1) is 0 Å². The van der Waals surface area contributed by atoms with Crippen LogP contribution >= 0.6 is 0 Å². The van der Waals surface area contributed by atoms with Crippen molar-refractivity contribution in [3.05, 3.63) is 54.6 Å². The molecule has 20 heavy (non-hydrogen) atoms. The van der Waals surface area contributed by atoms with Gasteiger partial charge in [0.15, 0.2) is 0 Å². The molecule has 1 amide bonds. The van der Waals surface area contributed by atoms with E-state index in [0.29, 0.717) is 0 Å².